The summed E-state index contributed by atoms with van der Waals surface area (Å²) in [7, 11) is 2.03. The van der Waals surface area contributed by atoms with E-state index in [1.54, 1.807) is 18.2 Å². The number of rotatable bonds is 4. The molecule has 2 aromatic carbocycles. The summed E-state index contributed by atoms with van der Waals surface area (Å²) in [6.45, 7) is 2.99. The Labute approximate surface area is 192 Å². The summed E-state index contributed by atoms with van der Waals surface area (Å²) in [6, 6.07) is 8.40. The van der Waals surface area contributed by atoms with Crippen molar-refractivity contribution in [1.82, 2.24) is 30.0 Å². The molecule has 11 heteroatoms. The van der Waals surface area contributed by atoms with E-state index in [2.05, 4.69) is 30.4 Å². The number of halogens is 2. The topological polar surface area (TPSA) is 110 Å². The fraction of sp³-hybridized carbons (Fsp3) is 0.217. The van der Waals surface area contributed by atoms with Crippen LogP contribution in [-0.4, -0.2) is 75.0 Å². The van der Waals surface area contributed by atoms with E-state index in [0.717, 1.165) is 25.2 Å². The lowest BCUT2D eigenvalue weighted by molar-refractivity contribution is 0.0664. The number of nitrogens with one attached hydrogen (secondary N) is 3. The molecular formula is C23H21F2N7O2. The second-order valence-electron chi connectivity index (χ2n) is 8.12. The summed E-state index contributed by atoms with van der Waals surface area (Å²) in [5, 5.41) is 9.13. The molecule has 2 amide bonds. The Bertz CT molecular complexity index is 1370. The average Bonchev–Trinajstić information content (AvgIpc) is 3.45. The molecule has 0 spiro atoms. The average molecular weight is 465 g/mol. The molecule has 3 N–H and O–H groups in total. The highest BCUT2D eigenvalue weighted by molar-refractivity contribution is 6.06. The van der Waals surface area contributed by atoms with Crippen LogP contribution in [0, 0.1) is 11.6 Å². The second-order valence-corrected chi connectivity index (χ2v) is 8.12. The van der Waals surface area contributed by atoms with Crippen LogP contribution in [0.2, 0.25) is 0 Å². The van der Waals surface area contributed by atoms with Crippen molar-refractivity contribution >= 4 is 28.5 Å². The molecular weight excluding hydrogens is 444 g/mol. The molecule has 1 aliphatic heterocycles. The zero-order valence-electron chi connectivity index (χ0n) is 18.2. The summed E-state index contributed by atoms with van der Waals surface area (Å²) >= 11 is 0. The summed E-state index contributed by atoms with van der Waals surface area (Å²) in [4.78, 5) is 37.0. The number of aromatic amines is 2. The first-order chi connectivity index (χ1) is 16.4. The van der Waals surface area contributed by atoms with Gasteiger partial charge in [0.15, 0.2) is 5.82 Å². The van der Waals surface area contributed by atoms with Crippen LogP contribution in [0.15, 0.2) is 42.6 Å². The Hall–Kier alpha value is -4.12. The number of amides is 2. The van der Waals surface area contributed by atoms with Gasteiger partial charge in [-0.1, -0.05) is 6.07 Å². The van der Waals surface area contributed by atoms with E-state index < -0.39 is 23.1 Å². The van der Waals surface area contributed by atoms with Gasteiger partial charge in [-0.2, -0.15) is 5.10 Å². The molecule has 0 saturated carbocycles. The van der Waals surface area contributed by atoms with Crippen LogP contribution in [0.5, 0.6) is 0 Å². The summed E-state index contributed by atoms with van der Waals surface area (Å²) in [5.74, 6) is -2.59. The minimum Gasteiger partial charge on any atom is -0.337 e. The predicted molar refractivity (Wildman–Crippen MR) is 121 cm³/mol. The van der Waals surface area contributed by atoms with Gasteiger partial charge in [-0.25, -0.2) is 13.8 Å². The number of benzene rings is 2. The van der Waals surface area contributed by atoms with Crippen LogP contribution in [0.1, 0.15) is 20.7 Å². The fourth-order valence-electron chi connectivity index (χ4n) is 3.91. The molecule has 9 nitrogen and oxygen atoms in total. The zero-order valence-corrected chi connectivity index (χ0v) is 18.2. The second kappa shape index (κ2) is 8.67. The number of carbonyl (C=O) groups excluding carboxylic acids is 2. The standard InChI is InChI=1S/C23H21F2N7O2/c1-31-7-9-32(10-8-31)23(34)13-5-6-16-17(11-13)28-21(27-16)20-18(12-26-30-20)29-22(33)19-14(24)3-2-4-15(19)25/h2-6,11-12H,7-10H2,1H3,(H,26,30)(H,27,28)(H,29,33). The quantitative estimate of drug-likeness (QED) is 0.429. The van der Waals surface area contributed by atoms with Crippen LogP contribution in [-0.2, 0) is 0 Å². The Morgan fingerprint density at radius 1 is 1.06 bits per heavy atom. The number of nitrogens with zero attached hydrogens (tertiary/aromatic N) is 4. The summed E-state index contributed by atoms with van der Waals surface area (Å²) in [6.07, 6.45) is 1.32. The Morgan fingerprint density at radius 2 is 1.79 bits per heavy atom. The minimum atomic E-state index is -0.969. The molecule has 5 rings (SSSR count). The summed E-state index contributed by atoms with van der Waals surface area (Å²) in [5.41, 5.74) is 1.61. The third-order valence-electron chi connectivity index (χ3n) is 5.83. The van der Waals surface area contributed by atoms with E-state index in [1.807, 2.05) is 11.9 Å². The molecule has 3 heterocycles. The SMILES string of the molecule is CN1CCN(C(=O)c2ccc3nc(-c4[nH]ncc4NC(=O)c4c(F)cccc4F)[nH]c3c2)CC1. The van der Waals surface area contributed by atoms with Gasteiger partial charge >= 0.3 is 0 Å². The van der Waals surface area contributed by atoms with Gasteiger partial charge < -0.3 is 20.1 Å². The third-order valence-corrected chi connectivity index (χ3v) is 5.83. The van der Waals surface area contributed by atoms with Crippen LogP contribution in [0.3, 0.4) is 0 Å². The van der Waals surface area contributed by atoms with Gasteiger partial charge in [-0.15, -0.1) is 0 Å². The number of aromatic nitrogens is 4. The number of imidazole rings is 1. The van der Waals surface area contributed by atoms with Crippen molar-refractivity contribution in [1.29, 1.82) is 0 Å². The van der Waals surface area contributed by atoms with Crippen LogP contribution in [0.25, 0.3) is 22.6 Å². The maximum atomic E-state index is 14.0. The van der Waals surface area contributed by atoms with Gasteiger partial charge in [0.2, 0.25) is 0 Å². The molecule has 1 aliphatic rings. The van der Waals surface area contributed by atoms with E-state index in [-0.39, 0.29) is 11.6 Å². The molecule has 34 heavy (non-hydrogen) atoms. The largest absolute Gasteiger partial charge is 0.337 e. The molecule has 2 aromatic heterocycles. The fourth-order valence-corrected chi connectivity index (χ4v) is 3.91. The van der Waals surface area contributed by atoms with Crippen LogP contribution in [0.4, 0.5) is 14.5 Å². The van der Waals surface area contributed by atoms with Crippen molar-refractivity contribution in [3.8, 4) is 11.5 Å². The van der Waals surface area contributed by atoms with Crippen molar-refractivity contribution in [3.05, 3.63) is 65.4 Å². The first-order valence-corrected chi connectivity index (χ1v) is 10.7. The predicted octanol–water partition coefficient (Wildman–Crippen LogP) is 2.87. The number of H-pyrrole nitrogens is 2. The van der Waals surface area contributed by atoms with E-state index in [9.17, 15) is 18.4 Å². The Kier molecular flexibility index (Phi) is 5.54. The van der Waals surface area contributed by atoms with Gasteiger partial charge in [0.1, 0.15) is 22.9 Å². The van der Waals surface area contributed by atoms with E-state index in [1.165, 1.54) is 12.3 Å². The third kappa shape index (κ3) is 4.01. The number of likely N-dealkylation sites (N-methyl/N-ethyl adjacent to an activating group) is 1. The number of anilines is 1. The maximum absolute atomic E-state index is 14.0. The molecule has 0 radical (unpaired) electrons. The van der Waals surface area contributed by atoms with E-state index in [0.29, 0.717) is 41.2 Å². The van der Waals surface area contributed by atoms with Crippen LogP contribution < -0.4 is 5.32 Å². The highest BCUT2D eigenvalue weighted by Crippen LogP contribution is 2.27. The zero-order chi connectivity index (χ0) is 23.8. The minimum absolute atomic E-state index is 0.0486. The molecule has 1 fully saturated rings. The number of piperazine rings is 1. The van der Waals surface area contributed by atoms with Crippen molar-refractivity contribution in [3.63, 3.8) is 0 Å². The van der Waals surface area contributed by atoms with Crippen molar-refractivity contribution in [2.75, 3.05) is 38.5 Å². The molecule has 0 bridgehead atoms. The van der Waals surface area contributed by atoms with Crippen molar-refractivity contribution in [2.24, 2.45) is 0 Å². The molecule has 0 atom stereocenters. The molecule has 174 valence electrons. The van der Waals surface area contributed by atoms with Gasteiger partial charge in [-0.3, -0.25) is 14.7 Å². The van der Waals surface area contributed by atoms with Gasteiger partial charge in [0.05, 0.1) is 22.9 Å². The first-order valence-electron chi connectivity index (χ1n) is 10.7. The lowest BCUT2D eigenvalue weighted by atomic mass is 10.1. The lowest BCUT2D eigenvalue weighted by Gasteiger charge is -2.32. The normalized spacial score (nSPS) is 14.5. The van der Waals surface area contributed by atoms with Gasteiger partial charge in [-0.05, 0) is 37.4 Å². The number of hydrogen-bond acceptors (Lipinski definition) is 5. The van der Waals surface area contributed by atoms with E-state index >= 15 is 0 Å². The Balaban J connectivity index is 1.40. The van der Waals surface area contributed by atoms with Crippen LogP contribution >= 0.6 is 0 Å². The molecule has 0 aliphatic carbocycles. The Morgan fingerprint density at radius 3 is 2.53 bits per heavy atom. The smallest absolute Gasteiger partial charge is 0.261 e. The maximum Gasteiger partial charge on any atom is 0.261 e. The summed E-state index contributed by atoms with van der Waals surface area (Å²) < 4.78 is 27.9. The molecule has 1 saturated heterocycles. The number of carbonyl (C=O) groups is 2. The lowest BCUT2D eigenvalue weighted by Crippen LogP contribution is -2.47. The van der Waals surface area contributed by atoms with Gasteiger partial charge in [0.25, 0.3) is 11.8 Å². The highest BCUT2D eigenvalue weighted by Gasteiger charge is 2.22. The molecule has 4 aromatic rings. The first kappa shape index (κ1) is 21.7. The monoisotopic (exact) mass is 465 g/mol. The highest BCUT2D eigenvalue weighted by atomic mass is 19.1. The number of fused-ring (bicyclic) bond motifs is 1. The number of hydrogen-bond donors (Lipinski definition) is 3. The van der Waals surface area contributed by atoms with Crippen molar-refractivity contribution in [2.45, 2.75) is 0 Å². The van der Waals surface area contributed by atoms with Crippen molar-refractivity contribution < 1.29 is 18.4 Å². The molecule has 0 unspecified atom stereocenters. The van der Waals surface area contributed by atoms with Gasteiger partial charge in [0, 0.05) is 31.7 Å². The van der Waals surface area contributed by atoms with E-state index in [4.69, 9.17) is 0 Å².